The van der Waals surface area contributed by atoms with E-state index in [-0.39, 0.29) is 0 Å². The molecule has 0 radical (unpaired) electrons. The fourth-order valence-corrected chi connectivity index (χ4v) is 4.21. The molecule has 0 unspecified atom stereocenters. The largest absolute Gasteiger partial charge is 0.493 e. The molecule has 2 aromatic carbocycles. The number of piperazine rings is 1. The number of methoxy groups -OCH3 is 2. The lowest BCUT2D eigenvalue weighted by molar-refractivity contribution is 0.125. The maximum atomic E-state index is 5.57. The van der Waals surface area contributed by atoms with E-state index in [2.05, 4.69) is 45.3 Å². The first-order valence-corrected chi connectivity index (χ1v) is 11.4. The van der Waals surface area contributed by atoms with Crippen molar-refractivity contribution in [2.45, 2.75) is 25.8 Å². The monoisotopic (exact) mass is 435 g/mol. The van der Waals surface area contributed by atoms with Crippen LogP contribution in [-0.2, 0) is 13.0 Å². The van der Waals surface area contributed by atoms with Crippen LogP contribution in [0.2, 0.25) is 0 Å². The van der Waals surface area contributed by atoms with Crippen LogP contribution in [0.1, 0.15) is 24.2 Å². The summed E-state index contributed by atoms with van der Waals surface area (Å²) in [5.74, 6) is 2.33. The van der Waals surface area contributed by atoms with Gasteiger partial charge >= 0.3 is 0 Å². The second-order valence-electron chi connectivity index (χ2n) is 8.31. The molecule has 6 nitrogen and oxygen atoms in total. The zero-order valence-electron chi connectivity index (χ0n) is 19.1. The molecule has 0 bridgehead atoms. The molecule has 170 valence electrons. The first kappa shape index (κ1) is 22.4. The van der Waals surface area contributed by atoms with E-state index in [1.165, 1.54) is 12.0 Å². The van der Waals surface area contributed by atoms with Gasteiger partial charge in [-0.1, -0.05) is 35.5 Å². The van der Waals surface area contributed by atoms with E-state index >= 15 is 0 Å². The van der Waals surface area contributed by atoms with Crippen LogP contribution in [0.5, 0.6) is 11.5 Å². The van der Waals surface area contributed by atoms with Crippen molar-refractivity contribution in [1.29, 1.82) is 0 Å². The van der Waals surface area contributed by atoms with E-state index in [1.54, 1.807) is 14.2 Å². The Morgan fingerprint density at radius 1 is 0.844 bits per heavy atom. The van der Waals surface area contributed by atoms with Crippen molar-refractivity contribution in [1.82, 2.24) is 15.0 Å². The maximum absolute atomic E-state index is 5.57. The fraction of sp³-hybridized carbons (Fsp3) is 0.423. The maximum Gasteiger partial charge on any atom is 0.161 e. The lowest BCUT2D eigenvalue weighted by atomic mass is 10.1. The van der Waals surface area contributed by atoms with Gasteiger partial charge in [-0.3, -0.25) is 4.90 Å². The summed E-state index contributed by atoms with van der Waals surface area (Å²) in [5, 5.41) is 4.24. The second kappa shape index (κ2) is 11.2. The Hall–Kier alpha value is -2.83. The number of ether oxygens (including phenoxy) is 2. The Bertz CT molecular complexity index is 965. The van der Waals surface area contributed by atoms with Gasteiger partial charge in [0.15, 0.2) is 11.5 Å². The second-order valence-corrected chi connectivity index (χ2v) is 8.31. The number of hydrogen-bond donors (Lipinski definition) is 0. The molecular weight excluding hydrogens is 402 g/mol. The van der Waals surface area contributed by atoms with Gasteiger partial charge in [0.25, 0.3) is 0 Å². The highest BCUT2D eigenvalue weighted by Gasteiger charge is 2.16. The highest BCUT2D eigenvalue weighted by atomic mass is 16.5. The van der Waals surface area contributed by atoms with Crippen molar-refractivity contribution in [3.8, 4) is 22.8 Å². The molecule has 1 aliphatic rings. The van der Waals surface area contributed by atoms with Crippen molar-refractivity contribution in [2.24, 2.45) is 0 Å². The summed E-state index contributed by atoms with van der Waals surface area (Å²) in [5.41, 5.74) is 3.20. The highest BCUT2D eigenvalue weighted by Crippen LogP contribution is 2.32. The summed E-state index contributed by atoms with van der Waals surface area (Å²) in [6.07, 6.45) is 3.18. The number of rotatable bonds is 10. The number of unbranched alkanes of at least 4 members (excludes halogenated alkanes) is 1. The molecule has 1 fully saturated rings. The molecule has 32 heavy (non-hydrogen) atoms. The molecule has 3 aromatic rings. The van der Waals surface area contributed by atoms with Crippen LogP contribution in [0.3, 0.4) is 0 Å². The lowest BCUT2D eigenvalue weighted by Gasteiger charge is -2.34. The Balaban J connectivity index is 1.17. The number of benzene rings is 2. The van der Waals surface area contributed by atoms with Crippen molar-refractivity contribution < 1.29 is 14.0 Å². The fourth-order valence-electron chi connectivity index (χ4n) is 4.21. The molecule has 0 atom stereocenters. The van der Waals surface area contributed by atoms with Gasteiger partial charge in [0, 0.05) is 50.8 Å². The van der Waals surface area contributed by atoms with Gasteiger partial charge in [-0.05, 0) is 43.1 Å². The van der Waals surface area contributed by atoms with E-state index in [9.17, 15) is 0 Å². The number of hydrogen-bond acceptors (Lipinski definition) is 6. The summed E-state index contributed by atoms with van der Waals surface area (Å²) in [6.45, 7) is 6.80. The van der Waals surface area contributed by atoms with Gasteiger partial charge in [0.05, 0.1) is 14.2 Å². The third kappa shape index (κ3) is 5.90. The molecule has 0 amide bonds. The predicted octanol–water partition coefficient (Wildman–Crippen LogP) is 4.50. The Labute approximate surface area is 190 Å². The van der Waals surface area contributed by atoms with Gasteiger partial charge < -0.3 is 18.9 Å². The minimum atomic E-state index is 0.693. The van der Waals surface area contributed by atoms with Crippen LogP contribution in [0.15, 0.2) is 59.1 Å². The number of aromatic nitrogens is 1. The minimum absolute atomic E-state index is 0.693. The summed E-state index contributed by atoms with van der Waals surface area (Å²) in [7, 11) is 3.27. The highest BCUT2D eigenvalue weighted by molar-refractivity contribution is 5.63. The number of aryl methyl sites for hydroxylation is 1. The molecule has 0 spiro atoms. The van der Waals surface area contributed by atoms with Crippen LogP contribution in [0.25, 0.3) is 11.3 Å². The Morgan fingerprint density at radius 3 is 2.34 bits per heavy atom. The molecule has 6 heteroatoms. The van der Waals surface area contributed by atoms with E-state index in [4.69, 9.17) is 14.0 Å². The molecule has 1 aromatic heterocycles. The first-order valence-electron chi connectivity index (χ1n) is 11.4. The SMILES string of the molecule is COc1ccc(-c2cc(CCCCN3CCN(Cc4ccccc4)CC3)on2)cc1OC. The zero-order valence-corrected chi connectivity index (χ0v) is 19.1. The van der Waals surface area contributed by atoms with Crippen molar-refractivity contribution in [3.05, 3.63) is 65.9 Å². The van der Waals surface area contributed by atoms with Crippen LogP contribution in [0.4, 0.5) is 0 Å². The Kier molecular flexibility index (Phi) is 7.80. The summed E-state index contributed by atoms with van der Waals surface area (Å²) in [4.78, 5) is 5.13. The van der Waals surface area contributed by atoms with Crippen molar-refractivity contribution in [2.75, 3.05) is 46.9 Å². The first-order chi connectivity index (χ1) is 15.7. The van der Waals surface area contributed by atoms with Crippen molar-refractivity contribution >= 4 is 0 Å². The molecule has 0 N–H and O–H groups in total. The van der Waals surface area contributed by atoms with E-state index in [0.717, 1.165) is 69.1 Å². The van der Waals surface area contributed by atoms with Crippen LogP contribution in [-0.4, -0.2) is 61.9 Å². The van der Waals surface area contributed by atoms with Crippen LogP contribution >= 0.6 is 0 Å². The standard InChI is InChI=1S/C26H33N3O3/c1-30-25-12-11-22(18-26(25)31-2)24-19-23(32-27-24)10-6-7-13-28-14-16-29(17-15-28)20-21-8-4-3-5-9-21/h3-5,8-9,11-12,18-19H,6-7,10,13-17,20H2,1-2H3. The Morgan fingerprint density at radius 2 is 1.59 bits per heavy atom. The van der Waals surface area contributed by atoms with Gasteiger partial charge in [-0.25, -0.2) is 0 Å². The van der Waals surface area contributed by atoms with Gasteiger partial charge in [0.2, 0.25) is 0 Å². The zero-order chi connectivity index (χ0) is 22.2. The minimum Gasteiger partial charge on any atom is -0.493 e. The van der Waals surface area contributed by atoms with Crippen LogP contribution in [0, 0.1) is 0 Å². The quantitative estimate of drug-likeness (QED) is 0.437. The van der Waals surface area contributed by atoms with E-state index in [0.29, 0.717) is 11.5 Å². The van der Waals surface area contributed by atoms with E-state index < -0.39 is 0 Å². The third-order valence-corrected chi connectivity index (χ3v) is 6.10. The summed E-state index contributed by atoms with van der Waals surface area (Å²) in [6, 6.07) is 18.6. The summed E-state index contributed by atoms with van der Waals surface area (Å²) >= 11 is 0. The molecule has 1 saturated heterocycles. The lowest BCUT2D eigenvalue weighted by Crippen LogP contribution is -2.46. The van der Waals surface area contributed by atoms with Gasteiger partial charge in [0.1, 0.15) is 11.5 Å². The molecule has 4 rings (SSSR count). The molecule has 0 saturated carbocycles. The van der Waals surface area contributed by atoms with Gasteiger partial charge in [-0.15, -0.1) is 0 Å². The molecular formula is C26H33N3O3. The average molecular weight is 436 g/mol. The molecule has 1 aliphatic heterocycles. The smallest absolute Gasteiger partial charge is 0.161 e. The average Bonchev–Trinajstić information content (AvgIpc) is 3.32. The summed E-state index contributed by atoms with van der Waals surface area (Å²) < 4.78 is 16.3. The predicted molar refractivity (Wildman–Crippen MR) is 126 cm³/mol. The van der Waals surface area contributed by atoms with Crippen molar-refractivity contribution in [3.63, 3.8) is 0 Å². The third-order valence-electron chi connectivity index (χ3n) is 6.10. The molecule has 2 heterocycles. The normalized spacial score (nSPS) is 15.1. The van der Waals surface area contributed by atoms with Gasteiger partial charge in [-0.2, -0.15) is 0 Å². The van der Waals surface area contributed by atoms with Crippen LogP contribution < -0.4 is 9.47 Å². The molecule has 0 aliphatic carbocycles. The topological polar surface area (TPSA) is 51.0 Å². The van der Waals surface area contributed by atoms with E-state index in [1.807, 2.05) is 24.3 Å². The number of nitrogens with zero attached hydrogens (tertiary/aromatic N) is 3.